The van der Waals surface area contributed by atoms with Crippen LogP contribution < -0.4 is 5.32 Å². The van der Waals surface area contributed by atoms with Crippen molar-refractivity contribution in [2.24, 2.45) is 0 Å². The molecular formula is C18H18ClNO4. The number of benzene rings is 2. The van der Waals surface area contributed by atoms with Crippen molar-refractivity contribution < 1.29 is 19.4 Å². The van der Waals surface area contributed by atoms with Gasteiger partial charge in [0.05, 0.1) is 12.5 Å². The number of hydrogen-bond donors (Lipinski definition) is 2. The number of carbonyl (C=O) groups is 2. The molecule has 0 fully saturated rings. The van der Waals surface area contributed by atoms with Crippen LogP contribution in [0.4, 0.5) is 4.79 Å². The second kappa shape index (κ2) is 8.36. The molecule has 0 spiro atoms. The monoisotopic (exact) mass is 347 g/mol. The first-order valence-electron chi connectivity index (χ1n) is 7.41. The molecule has 2 aromatic carbocycles. The number of ether oxygens (including phenoxy) is 1. The molecular weight excluding hydrogens is 330 g/mol. The van der Waals surface area contributed by atoms with Crippen LogP contribution in [0.15, 0.2) is 48.5 Å². The molecule has 0 aliphatic heterocycles. The summed E-state index contributed by atoms with van der Waals surface area (Å²) in [6.45, 7) is 1.93. The van der Waals surface area contributed by atoms with E-state index < -0.39 is 18.1 Å². The van der Waals surface area contributed by atoms with E-state index in [0.29, 0.717) is 10.6 Å². The number of carboxylic acid groups (broad SMARTS) is 1. The molecule has 0 heterocycles. The standard InChI is InChI=1S/C18H18ClNO4/c1-12-9-14(19)7-8-15(12)16(10-17(21)22)20-18(23)24-11-13-5-3-2-4-6-13/h2-9,16H,10-11H2,1H3,(H,20,23)(H,21,22)/t16-/m0/s1. The van der Waals surface area contributed by atoms with E-state index in [2.05, 4.69) is 5.32 Å². The van der Waals surface area contributed by atoms with Crippen molar-refractivity contribution in [1.29, 1.82) is 0 Å². The smallest absolute Gasteiger partial charge is 0.407 e. The summed E-state index contributed by atoms with van der Waals surface area (Å²) in [6, 6.07) is 13.7. The fourth-order valence-corrected chi connectivity index (χ4v) is 2.58. The molecule has 6 heteroatoms. The molecule has 0 aromatic heterocycles. The second-order valence-electron chi connectivity index (χ2n) is 5.36. The molecule has 2 aromatic rings. The molecule has 0 radical (unpaired) electrons. The van der Waals surface area contributed by atoms with Crippen LogP contribution >= 0.6 is 11.6 Å². The lowest BCUT2D eigenvalue weighted by atomic mass is 9.99. The van der Waals surface area contributed by atoms with Crippen molar-refractivity contribution in [3.8, 4) is 0 Å². The number of carbonyl (C=O) groups excluding carboxylic acids is 1. The average molecular weight is 348 g/mol. The van der Waals surface area contributed by atoms with Crippen molar-refractivity contribution in [1.82, 2.24) is 5.32 Å². The van der Waals surface area contributed by atoms with Gasteiger partial charge in [-0.2, -0.15) is 0 Å². The van der Waals surface area contributed by atoms with Crippen molar-refractivity contribution in [2.75, 3.05) is 0 Å². The Kier molecular flexibility index (Phi) is 6.21. The van der Waals surface area contributed by atoms with Crippen molar-refractivity contribution in [3.63, 3.8) is 0 Å². The fraction of sp³-hybridized carbons (Fsp3) is 0.222. The normalized spacial score (nSPS) is 11.6. The molecule has 126 valence electrons. The first-order chi connectivity index (χ1) is 11.5. The molecule has 0 aliphatic carbocycles. The highest BCUT2D eigenvalue weighted by Crippen LogP contribution is 2.24. The van der Waals surface area contributed by atoms with Crippen LogP contribution in [0.3, 0.4) is 0 Å². The summed E-state index contributed by atoms with van der Waals surface area (Å²) in [5, 5.41) is 12.3. The Bertz CT molecular complexity index is 718. The predicted octanol–water partition coefficient (Wildman–Crippen LogP) is 4.09. The summed E-state index contributed by atoms with van der Waals surface area (Å²) >= 11 is 5.92. The van der Waals surface area contributed by atoms with Crippen LogP contribution in [0.2, 0.25) is 5.02 Å². The van der Waals surface area contributed by atoms with Gasteiger partial charge < -0.3 is 15.2 Å². The third-order valence-electron chi connectivity index (χ3n) is 3.49. The molecule has 0 bridgehead atoms. The Hall–Kier alpha value is -2.53. The van der Waals surface area contributed by atoms with Gasteiger partial charge in [-0.05, 0) is 35.7 Å². The Morgan fingerprint density at radius 1 is 1.21 bits per heavy atom. The fourth-order valence-electron chi connectivity index (χ4n) is 2.35. The van der Waals surface area contributed by atoms with Gasteiger partial charge in [0.1, 0.15) is 6.61 Å². The molecule has 1 atom stereocenters. The number of amides is 1. The largest absolute Gasteiger partial charge is 0.481 e. The van der Waals surface area contributed by atoms with Crippen molar-refractivity contribution in [3.05, 3.63) is 70.2 Å². The van der Waals surface area contributed by atoms with Gasteiger partial charge in [-0.1, -0.05) is 48.0 Å². The summed E-state index contributed by atoms with van der Waals surface area (Å²) in [5.74, 6) is -1.02. The Labute approximate surface area is 145 Å². The minimum atomic E-state index is -1.02. The lowest BCUT2D eigenvalue weighted by molar-refractivity contribution is -0.137. The van der Waals surface area contributed by atoms with Gasteiger partial charge in [-0.15, -0.1) is 0 Å². The first-order valence-corrected chi connectivity index (χ1v) is 7.78. The van der Waals surface area contributed by atoms with Gasteiger partial charge in [-0.3, -0.25) is 4.79 Å². The van der Waals surface area contributed by atoms with Gasteiger partial charge in [-0.25, -0.2) is 4.79 Å². The molecule has 0 aliphatic rings. The topological polar surface area (TPSA) is 75.6 Å². The molecule has 0 saturated heterocycles. The van der Waals surface area contributed by atoms with Gasteiger partial charge in [0.2, 0.25) is 0 Å². The minimum Gasteiger partial charge on any atom is -0.481 e. The SMILES string of the molecule is Cc1cc(Cl)ccc1[C@H](CC(=O)O)NC(=O)OCc1ccccc1. The lowest BCUT2D eigenvalue weighted by Crippen LogP contribution is -2.31. The summed E-state index contributed by atoms with van der Waals surface area (Å²) in [4.78, 5) is 23.1. The zero-order chi connectivity index (χ0) is 17.5. The van der Waals surface area contributed by atoms with E-state index in [1.54, 1.807) is 18.2 Å². The molecule has 1 amide bonds. The zero-order valence-corrected chi connectivity index (χ0v) is 13.9. The molecule has 0 saturated carbocycles. The van der Waals surface area contributed by atoms with Gasteiger partial charge >= 0.3 is 12.1 Å². The Morgan fingerprint density at radius 2 is 1.92 bits per heavy atom. The third kappa shape index (κ3) is 5.28. The maximum absolute atomic E-state index is 12.0. The van der Waals surface area contributed by atoms with Crippen LogP contribution in [-0.4, -0.2) is 17.2 Å². The highest BCUT2D eigenvalue weighted by Gasteiger charge is 2.20. The summed E-state index contributed by atoms with van der Waals surface area (Å²) in [5.41, 5.74) is 2.35. The van der Waals surface area contributed by atoms with Crippen LogP contribution in [0.25, 0.3) is 0 Å². The summed E-state index contributed by atoms with van der Waals surface area (Å²) in [6.07, 6.45) is -0.914. The quantitative estimate of drug-likeness (QED) is 0.825. The maximum Gasteiger partial charge on any atom is 0.407 e. The van der Waals surface area contributed by atoms with Gasteiger partial charge in [0.25, 0.3) is 0 Å². The number of halogens is 1. The second-order valence-corrected chi connectivity index (χ2v) is 5.79. The number of carboxylic acids is 1. The average Bonchev–Trinajstić information content (AvgIpc) is 2.53. The van der Waals surface area contributed by atoms with E-state index in [0.717, 1.165) is 11.1 Å². The first kappa shape index (κ1) is 17.8. The van der Waals surface area contributed by atoms with Gasteiger partial charge in [0.15, 0.2) is 0 Å². The zero-order valence-electron chi connectivity index (χ0n) is 13.2. The minimum absolute atomic E-state index is 0.117. The van der Waals surface area contributed by atoms with E-state index in [1.165, 1.54) is 0 Å². The number of aryl methyl sites for hydroxylation is 1. The van der Waals surface area contributed by atoms with Crippen LogP contribution in [0.1, 0.15) is 29.2 Å². The van der Waals surface area contributed by atoms with Crippen molar-refractivity contribution in [2.45, 2.75) is 26.0 Å². The molecule has 0 unspecified atom stereocenters. The van der Waals surface area contributed by atoms with Crippen LogP contribution in [0.5, 0.6) is 0 Å². The summed E-state index contributed by atoms with van der Waals surface area (Å²) < 4.78 is 5.16. The molecule has 2 N–H and O–H groups in total. The Balaban J connectivity index is 2.05. The van der Waals surface area contributed by atoms with E-state index >= 15 is 0 Å². The van der Waals surface area contributed by atoms with E-state index in [1.807, 2.05) is 37.3 Å². The number of aliphatic carboxylic acids is 1. The molecule has 5 nitrogen and oxygen atoms in total. The van der Waals surface area contributed by atoms with Crippen LogP contribution in [0, 0.1) is 6.92 Å². The molecule has 2 rings (SSSR count). The van der Waals surface area contributed by atoms with E-state index in [-0.39, 0.29) is 13.0 Å². The number of rotatable bonds is 6. The van der Waals surface area contributed by atoms with Crippen molar-refractivity contribution >= 4 is 23.7 Å². The summed E-state index contributed by atoms with van der Waals surface area (Å²) in [7, 11) is 0. The van der Waals surface area contributed by atoms with E-state index in [9.17, 15) is 9.59 Å². The number of hydrogen-bond acceptors (Lipinski definition) is 3. The Morgan fingerprint density at radius 3 is 2.54 bits per heavy atom. The predicted molar refractivity (Wildman–Crippen MR) is 90.9 cm³/mol. The highest BCUT2D eigenvalue weighted by molar-refractivity contribution is 6.30. The number of nitrogens with one attached hydrogen (secondary N) is 1. The van der Waals surface area contributed by atoms with Crippen LogP contribution in [-0.2, 0) is 16.1 Å². The molecule has 24 heavy (non-hydrogen) atoms. The third-order valence-corrected chi connectivity index (χ3v) is 3.73. The van der Waals surface area contributed by atoms with Gasteiger partial charge in [0, 0.05) is 5.02 Å². The number of alkyl carbamates (subject to hydrolysis) is 1. The highest BCUT2D eigenvalue weighted by atomic mass is 35.5. The lowest BCUT2D eigenvalue weighted by Gasteiger charge is -2.19. The maximum atomic E-state index is 12.0. The van der Waals surface area contributed by atoms with E-state index in [4.69, 9.17) is 21.4 Å².